The van der Waals surface area contributed by atoms with E-state index in [-0.39, 0.29) is 17.3 Å². The van der Waals surface area contributed by atoms with Gasteiger partial charge in [0.15, 0.2) is 0 Å². The highest BCUT2D eigenvalue weighted by Gasteiger charge is 2.24. The normalized spacial score (nSPS) is 11.6. The van der Waals surface area contributed by atoms with E-state index in [1.54, 1.807) is 31.2 Å². The van der Waals surface area contributed by atoms with E-state index in [2.05, 4.69) is 19.2 Å². The fraction of sp³-hybridized carbons (Fsp3) is 0.222. The van der Waals surface area contributed by atoms with E-state index in [9.17, 15) is 13.2 Å². The first-order valence-corrected chi connectivity index (χ1v) is 13.6. The second-order valence-electron chi connectivity index (χ2n) is 8.41. The van der Waals surface area contributed by atoms with Crippen molar-refractivity contribution in [3.8, 4) is 5.75 Å². The maximum absolute atomic E-state index is 13.3. The molecule has 0 radical (unpaired) electrons. The molecule has 3 aromatic carbocycles. The van der Waals surface area contributed by atoms with Crippen molar-refractivity contribution in [1.82, 2.24) is 0 Å². The molecule has 35 heavy (non-hydrogen) atoms. The number of nitrogens with one attached hydrogen (secondary N) is 1. The van der Waals surface area contributed by atoms with Gasteiger partial charge in [0.2, 0.25) is 0 Å². The summed E-state index contributed by atoms with van der Waals surface area (Å²) < 4.78 is 34.0. The molecule has 0 aliphatic rings. The van der Waals surface area contributed by atoms with Crippen LogP contribution < -0.4 is 14.4 Å². The molecule has 1 heterocycles. The number of fused-ring (bicyclic) bond motifs is 1. The number of thiophene rings is 1. The topological polar surface area (TPSA) is 75.7 Å². The number of methoxy groups -OCH3 is 1. The average molecular weight is 509 g/mol. The molecule has 0 saturated carbocycles. The van der Waals surface area contributed by atoms with Crippen LogP contribution in [0.15, 0.2) is 77.7 Å². The first kappa shape index (κ1) is 24.8. The lowest BCUT2D eigenvalue weighted by atomic mass is 10.0. The molecule has 0 aliphatic carbocycles. The summed E-state index contributed by atoms with van der Waals surface area (Å²) >= 11 is 1.37. The molecule has 0 spiro atoms. The molecule has 1 N–H and O–H groups in total. The fourth-order valence-electron chi connectivity index (χ4n) is 3.81. The zero-order chi connectivity index (χ0) is 25.2. The summed E-state index contributed by atoms with van der Waals surface area (Å²) in [6, 6.07) is 21.4. The van der Waals surface area contributed by atoms with E-state index in [1.165, 1.54) is 40.4 Å². The lowest BCUT2D eigenvalue weighted by Crippen LogP contribution is -2.30. The van der Waals surface area contributed by atoms with Crippen molar-refractivity contribution in [2.24, 2.45) is 0 Å². The van der Waals surface area contributed by atoms with Gasteiger partial charge in [-0.05, 0) is 84.5 Å². The molecule has 6 nitrogen and oxygen atoms in total. The van der Waals surface area contributed by atoms with Gasteiger partial charge >= 0.3 is 0 Å². The predicted octanol–water partition coefficient (Wildman–Crippen LogP) is 6.50. The van der Waals surface area contributed by atoms with Gasteiger partial charge in [-0.1, -0.05) is 26.0 Å². The fourth-order valence-corrected chi connectivity index (χ4v) is 6.21. The van der Waals surface area contributed by atoms with Crippen molar-refractivity contribution in [3.05, 3.63) is 83.2 Å². The molecule has 0 unspecified atom stereocenters. The molecule has 1 aromatic heterocycles. The molecular formula is C27H28N2O4S2. The number of rotatable bonds is 8. The lowest BCUT2D eigenvalue weighted by Gasteiger charge is -2.23. The predicted molar refractivity (Wildman–Crippen MR) is 144 cm³/mol. The minimum Gasteiger partial charge on any atom is -0.497 e. The van der Waals surface area contributed by atoms with Gasteiger partial charge in [0.1, 0.15) is 5.75 Å². The van der Waals surface area contributed by atoms with Crippen LogP contribution in [0.25, 0.3) is 10.1 Å². The van der Waals surface area contributed by atoms with Crippen LogP contribution in [0.2, 0.25) is 0 Å². The zero-order valence-corrected chi connectivity index (χ0v) is 21.7. The first-order valence-electron chi connectivity index (χ1n) is 11.3. The highest BCUT2D eigenvalue weighted by Crippen LogP contribution is 2.32. The van der Waals surface area contributed by atoms with Gasteiger partial charge in [-0.2, -0.15) is 0 Å². The third-order valence-electron chi connectivity index (χ3n) is 5.78. The van der Waals surface area contributed by atoms with Gasteiger partial charge in [-0.3, -0.25) is 9.10 Å². The molecule has 0 bridgehead atoms. The molecule has 8 heteroatoms. The highest BCUT2D eigenvalue weighted by molar-refractivity contribution is 7.92. The maximum Gasteiger partial charge on any atom is 0.265 e. The summed E-state index contributed by atoms with van der Waals surface area (Å²) in [5, 5.41) is 3.76. The SMILES string of the molecule is CCN(c1ccc2sc(C(=O)Nc3ccc(C(C)C)cc3)cc2c1)S(=O)(=O)c1ccc(OC)cc1. The molecule has 182 valence electrons. The first-order chi connectivity index (χ1) is 16.7. The summed E-state index contributed by atoms with van der Waals surface area (Å²) in [5.74, 6) is 0.823. The Kier molecular flexibility index (Phi) is 7.14. The Morgan fingerprint density at radius 3 is 2.29 bits per heavy atom. The van der Waals surface area contributed by atoms with Gasteiger partial charge in [-0.25, -0.2) is 8.42 Å². The van der Waals surface area contributed by atoms with Crippen LogP contribution in [-0.4, -0.2) is 28.0 Å². The summed E-state index contributed by atoms with van der Waals surface area (Å²) in [7, 11) is -2.22. The van der Waals surface area contributed by atoms with Crippen LogP contribution in [0, 0.1) is 0 Å². The molecule has 0 aliphatic heterocycles. The minimum absolute atomic E-state index is 0.189. The Morgan fingerprint density at radius 2 is 1.69 bits per heavy atom. The van der Waals surface area contributed by atoms with Crippen LogP contribution in [0.5, 0.6) is 5.75 Å². The van der Waals surface area contributed by atoms with Crippen LogP contribution in [0.3, 0.4) is 0 Å². The average Bonchev–Trinajstić information content (AvgIpc) is 3.28. The smallest absolute Gasteiger partial charge is 0.265 e. The van der Waals surface area contributed by atoms with Gasteiger partial charge in [0, 0.05) is 16.9 Å². The van der Waals surface area contributed by atoms with Crippen LogP contribution in [0.4, 0.5) is 11.4 Å². The number of benzene rings is 3. The van der Waals surface area contributed by atoms with Crippen molar-refractivity contribution < 1.29 is 17.9 Å². The molecule has 0 atom stereocenters. The number of ether oxygens (including phenoxy) is 1. The van der Waals surface area contributed by atoms with E-state index >= 15 is 0 Å². The van der Waals surface area contributed by atoms with Gasteiger partial charge in [0.05, 0.1) is 22.6 Å². The van der Waals surface area contributed by atoms with E-state index in [0.717, 1.165) is 15.8 Å². The number of sulfonamides is 1. The molecule has 1 amide bonds. The van der Waals surface area contributed by atoms with Crippen molar-refractivity contribution in [2.45, 2.75) is 31.6 Å². The number of hydrogen-bond acceptors (Lipinski definition) is 5. The van der Waals surface area contributed by atoms with Crippen LogP contribution in [-0.2, 0) is 10.0 Å². The Labute approximate surface area is 210 Å². The van der Waals surface area contributed by atoms with E-state index in [0.29, 0.717) is 22.2 Å². The quantitative estimate of drug-likeness (QED) is 0.295. The Balaban J connectivity index is 1.58. The van der Waals surface area contributed by atoms with Gasteiger partial charge in [-0.15, -0.1) is 11.3 Å². The Morgan fingerprint density at radius 1 is 1.00 bits per heavy atom. The number of hydrogen-bond donors (Lipinski definition) is 1. The monoisotopic (exact) mass is 508 g/mol. The molecule has 0 fully saturated rings. The Bertz CT molecular complexity index is 1440. The van der Waals surface area contributed by atoms with Crippen molar-refractivity contribution in [1.29, 1.82) is 0 Å². The maximum atomic E-state index is 13.3. The molecule has 0 saturated heterocycles. The molecular weight excluding hydrogens is 480 g/mol. The Hall–Kier alpha value is -3.36. The molecule has 4 rings (SSSR count). The number of amides is 1. The zero-order valence-electron chi connectivity index (χ0n) is 20.1. The van der Waals surface area contributed by atoms with E-state index < -0.39 is 10.0 Å². The summed E-state index contributed by atoms with van der Waals surface area (Å²) in [6.07, 6.45) is 0. The van der Waals surface area contributed by atoms with Crippen molar-refractivity contribution >= 4 is 48.7 Å². The number of nitrogens with zero attached hydrogens (tertiary/aromatic N) is 1. The van der Waals surface area contributed by atoms with Gasteiger partial charge < -0.3 is 10.1 Å². The second kappa shape index (κ2) is 10.1. The van der Waals surface area contributed by atoms with Crippen LogP contribution in [0.1, 0.15) is 41.9 Å². The summed E-state index contributed by atoms with van der Waals surface area (Å²) in [4.78, 5) is 13.6. The number of carbonyl (C=O) groups excluding carboxylic acids is 1. The summed E-state index contributed by atoms with van der Waals surface area (Å²) in [6.45, 7) is 6.31. The third-order valence-corrected chi connectivity index (χ3v) is 8.81. The number of anilines is 2. The third kappa shape index (κ3) is 5.18. The van der Waals surface area contributed by atoms with E-state index in [1.807, 2.05) is 36.4 Å². The van der Waals surface area contributed by atoms with E-state index in [4.69, 9.17) is 4.74 Å². The number of carbonyl (C=O) groups is 1. The standard InChI is InChI=1S/C27H28N2O4S2/c1-5-29(35(31,32)24-13-11-23(33-4)12-14-24)22-10-15-25-20(16-22)17-26(34-25)27(30)28-21-8-6-19(7-9-21)18(2)3/h6-18H,5H2,1-4H3,(H,28,30). The van der Waals surface area contributed by atoms with Crippen molar-refractivity contribution in [2.75, 3.05) is 23.3 Å². The van der Waals surface area contributed by atoms with Crippen molar-refractivity contribution in [3.63, 3.8) is 0 Å². The van der Waals surface area contributed by atoms with Crippen LogP contribution >= 0.6 is 11.3 Å². The second-order valence-corrected chi connectivity index (χ2v) is 11.4. The minimum atomic E-state index is -3.76. The van der Waals surface area contributed by atoms with Gasteiger partial charge in [0.25, 0.3) is 15.9 Å². The summed E-state index contributed by atoms with van der Waals surface area (Å²) in [5.41, 5.74) is 2.49. The largest absolute Gasteiger partial charge is 0.497 e. The molecule has 4 aromatic rings. The highest BCUT2D eigenvalue weighted by atomic mass is 32.2. The lowest BCUT2D eigenvalue weighted by molar-refractivity contribution is 0.103.